The molecule has 1 aliphatic rings. The van der Waals surface area contributed by atoms with Crippen molar-refractivity contribution in [1.82, 2.24) is 14.6 Å². The second-order valence-corrected chi connectivity index (χ2v) is 7.51. The normalized spacial score (nSPS) is 18.4. The van der Waals surface area contributed by atoms with Crippen molar-refractivity contribution >= 4 is 56.2 Å². The smallest absolute Gasteiger partial charge is 0.731 e. The average Bonchev–Trinajstić information content (AvgIpc) is 3.10. The Morgan fingerprint density at radius 2 is 2.00 bits per heavy atom. The maximum atomic E-state index is 12.6. The molecule has 2 heterocycles. The summed E-state index contributed by atoms with van der Waals surface area (Å²) < 4.78 is 42.1. The molecule has 1 aliphatic heterocycles. The molecule has 1 fully saturated rings. The van der Waals surface area contributed by atoms with Gasteiger partial charge in [-0.05, 0) is 0 Å². The number of carbonyl (C=O) groups is 4. The number of carbonyl (C=O) groups excluding carboxylic acids is 4. The zero-order chi connectivity index (χ0) is 22.6. The van der Waals surface area contributed by atoms with Crippen LogP contribution in [0, 0.1) is 0 Å². The quantitative estimate of drug-likeness (QED) is 0.0874. The minimum atomic E-state index is -5.34. The molecule has 31 heavy (non-hydrogen) atoms. The van der Waals surface area contributed by atoms with Crippen LogP contribution in [-0.4, -0.2) is 84.6 Å². The number of rotatable bonds is 8. The maximum absolute atomic E-state index is 12.6. The first-order valence-electron chi connectivity index (χ1n) is 7.67. The number of nitrogens with two attached hydrogens (primary N) is 1. The number of anilines is 1. The van der Waals surface area contributed by atoms with Gasteiger partial charge in [0.15, 0.2) is 27.2 Å². The summed E-state index contributed by atoms with van der Waals surface area (Å²) in [5.41, 5.74) is 4.85. The average molecular weight is 487 g/mol. The monoisotopic (exact) mass is 487 g/mol. The Bertz CT molecular complexity index is 1010. The van der Waals surface area contributed by atoms with E-state index in [1.54, 1.807) is 0 Å². The van der Waals surface area contributed by atoms with Crippen molar-refractivity contribution in [3.8, 4) is 0 Å². The molecule has 3 N–H and O–H groups in total. The number of methoxy groups -OCH3 is 2. The van der Waals surface area contributed by atoms with E-state index in [-0.39, 0.29) is 44.7 Å². The number of oxime groups is 1. The van der Waals surface area contributed by atoms with Gasteiger partial charge in [-0.3, -0.25) is 9.59 Å². The molecule has 1 aromatic heterocycles. The van der Waals surface area contributed by atoms with E-state index in [9.17, 15) is 32.1 Å². The van der Waals surface area contributed by atoms with E-state index in [2.05, 4.69) is 24.9 Å². The van der Waals surface area contributed by atoms with Gasteiger partial charge in [-0.1, -0.05) is 5.16 Å². The number of nitrogens with one attached hydrogen (secondary N) is 1. The van der Waals surface area contributed by atoms with Crippen LogP contribution in [0.15, 0.2) is 10.5 Å². The molecule has 164 valence electrons. The van der Waals surface area contributed by atoms with Gasteiger partial charge in [-0.2, -0.15) is 0 Å². The van der Waals surface area contributed by atoms with Crippen LogP contribution >= 0.6 is 11.3 Å². The molecule has 2 amide bonds. The van der Waals surface area contributed by atoms with Crippen LogP contribution in [0.5, 0.6) is 0 Å². The van der Waals surface area contributed by atoms with Crippen molar-refractivity contribution in [3.63, 3.8) is 0 Å². The molecule has 0 unspecified atom stereocenters. The molecule has 18 heteroatoms. The number of β-lactam (4-membered cyclic amide) rings is 1. The Morgan fingerprint density at radius 3 is 2.48 bits per heavy atom. The van der Waals surface area contributed by atoms with Crippen LogP contribution in [-0.2, 0) is 43.8 Å². The predicted molar refractivity (Wildman–Crippen MR) is 95.3 cm³/mol. The summed E-state index contributed by atoms with van der Waals surface area (Å²) in [7, 11) is -3.35. The fourth-order valence-corrected chi connectivity index (χ4v) is 3.59. The molecule has 0 radical (unpaired) electrons. The van der Waals surface area contributed by atoms with E-state index in [0.29, 0.717) is 0 Å². The SMILES string of the molecule is COC(=O)CON=C(C(=O)N[C@H]1C(=O)N(S(=O)(=O)[O-])[C@H]1C(=O)OC)c1csc(N)n1.[Na+]. The van der Waals surface area contributed by atoms with Crippen LogP contribution in [0.4, 0.5) is 5.13 Å². The summed E-state index contributed by atoms with van der Waals surface area (Å²) in [4.78, 5) is 56.1. The van der Waals surface area contributed by atoms with Gasteiger partial charge in [0.25, 0.3) is 11.8 Å². The first-order chi connectivity index (χ1) is 14.0. The summed E-state index contributed by atoms with van der Waals surface area (Å²) >= 11 is 0.935. The van der Waals surface area contributed by atoms with Crippen LogP contribution in [0.3, 0.4) is 0 Å². The first-order valence-corrected chi connectivity index (χ1v) is 9.91. The van der Waals surface area contributed by atoms with Gasteiger partial charge in [0.2, 0.25) is 6.61 Å². The molecule has 15 nitrogen and oxygen atoms in total. The largest absolute Gasteiger partial charge is 1.00 e. The van der Waals surface area contributed by atoms with Crippen molar-refractivity contribution in [2.45, 2.75) is 12.1 Å². The Hall–Kier alpha value is -2.31. The van der Waals surface area contributed by atoms with Crippen LogP contribution in [0.1, 0.15) is 5.69 Å². The number of nitrogens with zero attached hydrogens (tertiary/aromatic N) is 3. The number of hydrogen-bond donors (Lipinski definition) is 2. The number of nitrogen functional groups attached to an aromatic ring is 1. The van der Waals surface area contributed by atoms with E-state index >= 15 is 0 Å². The topological polar surface area (TPSA) is 220 Å². The second-order valence-electron chi connectivity index (χ2n) is 5.37. The van der Waals surface area contributed by atoms with Gasteiger partial charge in [0.05, 0.1) is 14.2 Å². The molecule has 1 saturated heterocycles. The van der Waals surface area contributed by atoms with Gasteiger partial charge in [-0.25, -0.2) is 27.3 Å². The van der Waals surface area contributed by atoms with Gasteiger partial charge in [0, 0.05) is 5.38 Å². The van der Waals surface area contributed by atoms with Crippen molar-refractivity contribution < 1.29 is 76.0 Å². The number of ether oxygens (including phenoxy) is 2. The summed E-state index contributed by atoms with van der Waals surface area (Å²) in [6.07, 6.45) is 0. The van der Waals surface area contributed by atoms with Gasteiger partial charge >= 0.3 is 41.5 Å². The number of hydrogen-bond acceptors (Lipinski definition) is 14. The van der Waals surface area contributed by atoms with Crippen molar-refractivity contribution in [3.05, 3.63) is 11.1 Å². The van der Waals surface area contributed by atoms with Crippen molar-refractivity contribution in [1.29, 1.82) is 0 Å². The predicted octanol–water partition coefficient (Wildman–Crippen LogP) is -6.05. The third-order valence-corrected chi connectivity index (χ3v) is 5.13. The van der Waals surface area contributed by atoms with Gasteiger partial charge < -0.3 is 29.9 Å². The molecule has 0 aliphatic carbocycles. The number of aromatic nitrogens is 1. The Balaban J connectivity index is 0.00000480. The second kappa shape index (κ2) is 10.8. The third-order valence-electron chi connectivity index (χ3n) is 3.57. The molecular weight excluding hydrogens is 473 g/mol. The number of amides is 2. The Morgan fingerprint density at radius 1 is 1.35 bits per heavy atom. The first kappa shape index (κ1) is 26.7. The maximum Gasteiger partial charge on any atom is 1.00 e. The van der Waals surface area contributed by atoms with Gasteiger partial charge in [-0.15, -0.1) is 11.3 Å². The molecular formula is C13H14N5NaO10S2. The molecule has 2 rings (SSSR count). The number of thiazole rings is 1. The van der Waals surface area contributed by atoms with Crippen LogP contribution in [0.2, 0.25) is 0 Å². The van der Waals surface area contributed by atoms with Gasteiger partial charge in [0.1, 0.15) is 11.7 Å². The minimum Gasteiger partial charge on any atom is -0.731 e. The van der Waals surface area contributed by atoms with Crippen LogP contribution < -0.4 is 40.6 Å². The van der Waals surface area contributed by atoms with E-state index < -0.39 is 58.5 Å². The zero-order valence-electron chi connectivity index (χ0n) is 16.3. The van der Waals surface area contributed by atoms with E-state index in [0.717, 1.165) is 25.6 Å². The van der Waals surface area contributed by atoms with Crippen molar-refractivity contribution in [2.75, 3.05) is 26.6 Å². The number of esters is 2. The fourth-order valence-electron chi connectivity index (χ4n) is 2.22. The zero-order valence-corrected chi connectivity index (χ0v) is 19.9. The summed E-state index contributed by atoms with van der Waals surface area (Å²) in [5.74, 6) is -4.56. The van der Waals surface area contributed by atoms with E-state index in [4.69, 9.17) is 10.6 Å². The molecule has 0 saturated carbocycles. The molecule has 0 aromatic carbocycles. The third kappa shape index (κ3) is 6.11. The van der Waals surface area contributed by atoms with Crippen LogP contribution in [0.25, 0.3) is 0 Å². The Kier molecular flexibility index (Phi) is 9.33. The molecule has 1 aromatic rings. The minimum absolute atomic E-state index is 0. The van der Waals surface area contributed by atoms with E-state index in [1.807, 2.05) is 0 Å². The van der Waals surface area contributed by atoms with E-state index in [1.165, 1.54) is 5.38 Å². The summed E-state index contributed by atoms with van der Waals surface area (Å²) in [6, 6.07) is -3.65. The fraction of sp³-hybridized carbons (Fsp3) is 0.385. The summed E-state index contributed by atoms with van der Waals surface area (Å²) in [5, 5.41) is 6.88. The standard InChI is InChI=1S/C13H15N5O10S2.Na/c1-26-6(19)3-28-17-7(5-4-29-13(14)15-5)10(20)16-8-9(12(22)27-2)18(11(8)21)30(23,24)25;/h4,8-9H,3H2,1-2H3,(H2,14,15)(H,16,20)(H,23,24,25);/q;+1/p-1/t8-,9-;/m1./s1. The molecule has 0 spiro atoms. The molecule has 0 bridgehead atoms. The summed E-state index contributed by atoms with van der Waals surface area (Å²) in [6.45, 7) is -0.664. The molecule has 2 atom stereocenters. The Labute approximate surface area is 201 Å². The van der Waals surface area contributed by atoms with Crippen molar-refractivity contribution in [2.24, 2.45) is 5.16 Å².